The minimum absolute atomic E-state index is 0.128. The van der Waals surface area contributed by atoms with Crippen LogP contribution in [0.25, 0.3) is 0 Å². The van der Waals surface area contributed by atoms with E-state index >= 15 is 0 Å². The molecule has 0 aliphatic carbocycles. The number of hydrogen-bond acceptors (Lipinski definition) is 4. The minimum Gasteiger partial charge on any atom is -0.469 e. The third kappa shape index (κ3) is 3.88. The summed E-state index contributed by atoms with van der Waals surface area (Å²) in [5.74, 6) is -0.920. The number of halogens is 3. The van der Waals surface area contributed by atoms with Gasteiger partial charge in [-0.1, -0.05) is 6.92 Å². The van der Waals surface area contributed by atoms with Crippen molar-refractivity contribution in [1.29, 1.82) is 5.26 Å². The molecule has 0 aliphatic heterocycles. The molecule has 0 aromatic heterocycles. The zero-order valence-corrected chi connectivity index (χ0v) is 10.9. The number of rotatable bonds is 4. The number of nitrogens with zero attached hydrogens (tertiary/aromatic N) is 1. The Morgan fingerprint density at radius 3 is 2.65 bits per heavy atom. The number of carbonyl (C=O) groups excluding carboxylic acids is 1. The number of nitriles is 1. The summed E-state index contributed by atoms with van der Waals surface area (Å²) in [6.07, 6.45) is -4.50. The van der Waals surface area contributed by atoms with Crippen molar-refractivity contribution in [2.45, 2.75) is 13.1 Å². The van der Waals surface area contributed by atoms with E-state index in [1.54, 1.807) is 13.0 Å². The monoisotopic (exact) mass is 286 g/mol. The number of nitrogens with one attached hydrogen (secondary N) is 1. The Kier molecular flexibility index (Phi) is 4.97. The summed E-state index contributed by atoms with van der Waals surface area (Å²) in [5, 5.41) is 11.6. The van der Waals surface area contributed by atoms with Crippen molar-refractivity contribution in [2.24, 2.45) is 5.92 Å². The van der Waals surface area contributed by atoms with E-state index in [1.807, 2.05) is 0 Å². The number of carbonyl (C=O) groups is 1. The van der Waals surface area contributed by atoms with E-state index in [9.17, 15) is 18.0 Å². The molecule has 1 rings (SSSR count). The molecule has 0 spiro atoms. The summed E-state index contributed by atoms with van der Waals surface area (Å²) in [7, 11) is 1.25. The SMILES string of the molecule is COC(=O)C(C)CNc1ccc(C(F)(F)F)cc1C#N. The first kappa shape index (κ1) is 15.8. The van der Waals surface area contributed by atoms with Crippen LogP contribution in [0.2, 0.25) is 0 Å². The second kappa shape index (κ2) is 6.28. The van der Waals surface area contributed by atoms with Gasteiger partial charge in [-0.25, -0.2) is 0 Å². The summed E-state index contributed by atoms with van der Waals surface area (Å²) >= 11 is 0. The Morgan fingerprint density at radius 1 is 1.50 bits per heavy atom. The van der Waals surface area contributed by atoms with Crippen LogP contribution in [0.15, 0.2) is 18.2 Å². The van der Waals surface area contributed by atoms with Crippen molar-refractivity contribution >= 4 is 11.7 Å². The molecule has 0 saturated heterocycles. The first-order chi connectivity index (χ1) is 9.29. The molecule has 1 aromatic carbocycles. The van der Waals surface area contributed by atoms with Gasteiger partial charge in [0.1, 0.15) is 6.07 Å². The summed E-state index contributed by atoms with van der Waals surface area (Å²) in [5.41, 5.74) is -0.770. The van der Waals surface area contributed by atoms with Gasteiger partial charge in [-0.2, -0.15) is 18.4 Å². The molecule has 0 amide bonds. The zero-order chi connectivity index (χ0) is 15.3. The molecule has 1 atom stereocenters. The average Bonchev–Trinajstić information content (AvgIpc) is 2.42. The van der Waals surface area contributed by atoms with Crippen molar-refractivity contribution < 1.29 is 22.7 Å². The highest BCUT2D eigenvalue weighted by Crippen LogP contribution is 2.31. The predicted octanol–water partition coefficient (Wildman–Crippen LogP) is 2.80. The molecule has 0 radical (unpaired) electrons. The van der Waals surface area contributed by atoms with E-state index in [1.165, 1.54) is 13.2 Å². The Bertz CT molecular complexity index is 535. The predicted molar refractivity (Wildman–Crippen MR) is 65.8 cm³/mol. The molecule has 0 aliphatic rings. The first-order valence-corrected chi connectivity index (χ1v) is 5.72. The van der Waals surface area contributed by atoms with Crippen LogP contribution in [-0.4, -0.2) is 19.6 Å². The van der Waals surface area contributed by atoms with Gasteiger partial charge in [0.25, 0.3) is 0 Å². The Hall–Kier alpha value is -2.23. The fourth-order valence-electron chi connectivity index (χ4n) is 1.51. The average molecular weight is 286 g/mol. The molecule has 1 aromatic rings. The molecule has 0 fully saturated rings. The number of ether oxygens (including phenoxy) is 1. The van der Waals surface area contributed by atoms with Crippen molar-refractivity contribution in [3.63, 3.8) is 0 Å². The molecule has 20 heavy (non-hydrogen) atoms. The Labute approximate surface area is 114 Å². The van der Waals surface area contributed by atoms with Gasteiger partial charge in [-0.05, 0) is 18.2 Å². The maximum atomic E-state index is 12.5. The lowest BCUT2D eigenvalue weighted by molar-refractivity contribution is -0.144. The van der Waals surface area contributed by atoms with E-state index in [0.717, 1.165) is 12.1 Å². The second-order valence-corrected chi connectivity index (χ2v) is 4.18. The van der Waals surface area contributed by atoms with Crippen LogP contribution in [0, 0.1) is 17.2 Å². The van der Waals surface area contributed by atoms with Gasteiger partial charge >= 0.3 is 12.1 Å². The molecule has 4 nitrogen and oxygen atoms in total. The van der Waals surface area contributed by atoms with E-state index in [2.05, 4.69) is 10.1 Å². The maximum Gasteiger partial charge on any atom is 0.416 e. The number of alkyl halides is 3. The standard InChI is InChI=1S/C13H13F3N2O2/c1-8(12(19)20-2)7-18-11-4-3-10(13(14,15)16)5-9(11)6-17/h3-5,8,18H,7H2,1-2H3. The molecular formula is C13H13F3N2O2. The summed E-state index contributed by atoms with van der Waals surface area (Å²) in [6.45, 7) is 1.77. The van der Waals surface area contributed by atoms with Gasteiger partial charge in [0, 0.05) is 6.54 Å². The van der Waals surface area contributed by atoms with Crippen LogP contribution >= 0.6 is 0 Å². The third-order valence-electron chi connectivity index (χ3n) is 2.67. The number of methoxy groups -OCH3 is 1. The van der Waals surface area contributed by atoms with Crippen LogP contribution < -0.4 is 5.32 Å². The smallest absolute Gasteiger partial charge is 0.416 e. The van der Waals surface area contributed by atoms with Crippen molar-refractivity contribution in [3.05, 3.63) is 29.3 Å². The van der Waals surface area contributed by atoms with E-state index in [-0.39, 0.29) is 17.8 Å². The van der Waals surface area contributed by atoms with Gasteiger partial charge in [0.05, 0.1) is 29.8 Å². The highest BCUT2D eigenvalue weighted by Gasteiger charge is 2.31. The Morgan fingerprint density at radius 2 is 2.15 bits per heavy atom. The van der Waals surface area contributed by atoms with Crippen molar-refractivity contribution in [2.75, 3.05) is 19.0 Å². The summed E-state index contributed by atoms with van der Waals surface area (Å²) in [6, 6.07) is 4.52. The van der Waals surface area contributed by atoms with E-state index in [0.29, 0.717) is 0 Å². The van der Waals surface area contributed by atoms with E-state index < -0.39 is 23.6 Å². The third-order valence-corrected chi connectivity index (χ3v) is 2.67. The molecular weight excluding hydrogens is 273 g/mol. The number of benzene rings is 1. The van der Waals surface area contributed by atoms with Crippen LogP contribution in [0.5, 0.6) is 0 Å². The normalized spacial score (nSPS) is 12.4. The zero-order valence-electron chi connectivity index (χ0n) is 10.9. The van der Waals surface area contributed by atoms with Gasteiger partial charge in [-0.15, -0.1) is 0 Å². The quantitative estimate of drug-likeness (QED) is 0.864. The Balaban J connectivity index is 2.87. The highest BCUT2D eigenvalue weighted by atomic mass is 19.4. The highest BCUT2D eigenvalue weighted by molar-refractivity contribution is 5.72. The van der Waals surface area contributed by atoms with Gasteiger partial charge in [-0.3, -0.25) is 4.79 Å². The molecule has 7 heteroatoms. The summed E-state index contributed by atoms with van der Waals surface area (Å²) < 4.78 is 42.1. The van der Waals surface area contributed by atoms with Crippen LogP contribution in [0.4, 0.5) is 18.9 Å². The fourth-order valence-corrected chi connectivity index (χ4v) is 1.51. The van der Waals surface area contributed by atoms with Crippen LogP contribution in [0.3, 0.4) is 0 Å². The minimum atomic E-state index is -4.50. The number of hydrogen-bond donors (Lipinski definition) is 1. The maximum absolute atomic E-state index is 12.5. The molecule has 0 saturated carbocycles. The van der Waals surface area contributed by atoms with Crippen molar-refractivity contribution in [1.82, 2.24) is 0 Å². The van der Waals surface area contributed by atoms with E-state index in [4.69, 9.17) is 5.26 Å². The largest absolute Gasteiger partial charge is 0.469 e. The number of anilines is 1. The van der Waals surface area contributed by atoms with Crippen LogP contribution in [0.1, 0.15) is 18.1 Å². The van der Waals surface area contributed by atoms with Gasteiger partial charge < -0.3 is 10.1 Å². The van der Waals surface area contributed by atoms with Crippen molar-refractivity contribution in [3.8, 4) is 6.07 Å². The molecule has 0 bridgehead atoms. The first-order valence-electron chi connectivity index (χ1n) is 5.72. The number of esters is 1. The topological polar surface area (TPSA) is 62.1 Å². The van der Waals surface area contributed by atoms with Gasteiger partial charge in [0.15, 0.2) is 0 Å². The molecule has 108 valence electrons. The second-order valence-electron chi connectivity index (χ2n) is 4.18. The van der Waals surface area contributed by atoms with Crippen LogP contribution in [-0.2, 0) is 15.7 Å². The molecule has 1 unspecified atom stereocenters. The summed E-state index contributed by atoms with van der Waals surface area (Å²) in [4.78, 5) is 11.2. The van der Waals surface area contributed by atoms with Gasteiger partial charge in [0.2, 0.25) is 0 Å². The fraction of sp³-hybridized carbons (Fsp3) is 0.385. The molecule has 0 heterocycles. The molecule has 1 N–H and O–H groups in total. The lowest BCUT2D eigenvalue weighted by Gasteiger charge is -2.14. The lowest BCUT2D eigenvalue weighted by atomic mass is 10.1. The lowest BCUT2D eigenvalue weighted by Crippen LogP contribution is -2.21.